The SMILES string of the molecule is CC[C@H](NC(=O)[C@@H](CC)Oc1ccc(OC)cc1)c1ccc(OC)c(C)c1. The van der Waals surface area contributed by atoms with Gasteiger partial charge in [0.05, 0.1) is 20.3 Å². The standard InChI is InChI=1S/C22H29NO4/c1-6-19(16-8-13-21(26-5)15(3)14-16)23-22(24)20(7-2)27-18-11-9-17(25-4)10-12-18/h8-14,19-20H,6-7H2,1-5H3,(H,23,24)/t19-,20+/m0/s1. The van der Waals surface area contributed by atoms with Crippen LogP contribution in [-0.2, 0) is 4.79 Å². The van der Waals surface area contributed by atoms with Gasteiger partial charge in [-0.1, -0.05) is 26.0 Å². The van der Waals surface area contributed by atoms with Gasteiger partial charge in [-0.15, -0.1) is 0 Å². The zero-order chi connectivity index (χ0) is 19.8. The Morgan fingerprint density at radius 2 is 1.63 bits per heavy atom. The van der Waals surface area contributed by atoms with E-state index in [0.29, 0.717) is 12.2 Å². The smallest absolute Gasteiger partial charge is 0.261 e. The molecule has 0 aliphatic heterocycles. The molecular formula is C22H29NO4. The molecule has 0 saturated carbocycles. The molecule has 0 radical (unpaired) electrons. The summed E-state index contributed by atoms with van der Waals surface area (Å²) in [5, 5.41) is 3.11. The summed E-state index contributed by atoms with van der Waals surface area (Å²) in [6.07, 6.45) is 0.818. The predicted molar refractivity (Wildman–Crippen MR) is 107 cm³/mol. The van der Waals surface area contributed by atoms with Crippen LogP contribution in [0.5, 0.6) is 17.2 Å². The first-order chi connectivity index (χ1) is 13.0. The monoisotopic (exact) mass is 371 g/mol. The fourth-order valence-electron chi connectivity index (χ4n) is 2.94. The van der Waals surface area contributed by atoms with Gasteiger partial charge in [0.15, 0.2) is 6.10 Å². The second kappa shape index (κ2) is 9.86. The molecular weight excluding hydrogens is 342 g/mol. The number of benzene rings is 2. The molecule has 0 aliphatic carbocycles. The Morgan fingerprint density at radius 3 is 2.15 bits per heavy atom. The van der Waals surface area contributed by atoms with E-state index in [0.717, 1.165) is 29.0 Å². The minimum absolute atomic E-state index is 0.0735. The average molecular weight is 371 g/mol. The maximum absolute atomic E-state index is 12.8. The zero-order valence-corrected chi connectivity index (χ0v) is 16.7. The number of nitrogens with one attached hydrogen (secondary N) is 1. The number of rotatable bonds is 9. The molecule has 5 heteroatoms. The molecule has 0 aromatic heterocycles. The van der Waals surface area contributed by atoms with Gasteiger partial charge in [0, 0.05) is 0 Å². The molecule has 146 valence electrons. The third-order valence-corrected chi connectivity index (χ3v) is 4.55. The van der Waals surface area contributed by atoms with Crippen LogP contribution in [0.15, 0.2) is 42.5 Å². The Balaban J connectivity index is 2.07. The molecule has 0 saturated heterocycles. The van der Waals surface area contributed by atoms with Crippen LogP contribution in [0, 0.1) is 6.92 Å². The van der Waals surface area contributed by atoms with Crippen molar-refractivity contribution in [1.29, 1.82) is 0 Å². The van der Waals surface area contributed by atoms with E-state index in [1.165, 1.54) is 0 Å². The van der Waals surface area contributed by atoms with Gasteiger partial charge in [0.25, 0.3) is 5.91 Å². The molecule has 0 spiro atoms. The van der Waals surface area contributed by atoms with Crippen LogP contribution in [0.3, 0.4) is 0 Å². The number of aryl methyl sites for hydroxylation is 1. The van der Waals surface area contributed by atoms with Gasteiger partial charge in [-0.05, 0) is 61.2 Å². The van der Waals surface area contributed by atoms with Crippen LogP contribution in [-0.4, -0.2) is 26.2 Å². The van der Waals surface area contributed by atoms with E-state index in [2.05, 4.69) is 18.3 Å². The van der Waals surface area contributed by atoms with Crippen molar-refractivity contribution in [3.63, 3.8) is 0 Å². The lowest BCUT2D eigenvalue weighted by atomic mass is 10.0. The summed E-state index contributed by atoms with van der Waals surface area (Å²) in [6.45, 7) is 5.99. The number of hydrogen-bond acceptors (Lipinski definition) is 4. The zero-order valence-electron chi connectivity index (χ0n) is 16.7. The van der Waals surface area contributed by atoms with E-state index >= 15 is 0 Å². The van der Waals surface area contributed by atoms with Crippen molar-refractivity contribution in [2.24, 2.45) is 0 Å². The van der Waals surface area contributed by atoms with Crippen LogP contribution in [0.2, 0.25) is 0 Å². The van der Waals surface area contributed by atoms with Crippen molar-refractivity contribution in [2.45, 2.75) is 45.8 Å². The topological polar surface area (TPSA) is 56.8 Å². The lowest BCUT2D eigenvalue weighted by Crippen LogP contribution is -2.39. The highest BCUT2D eigenvalue weighted by atomic mass is 16.5. The summed E-state index contributed by atoms with van der Waals surface area (Å²) in [5.74, 6) is 2.12. The molecule has 2 rings (SSSR count). The molecule has 2 aromatic carbocycles. The van der Waals surface area contributed by atoms with Gasteiger partial charge in [0.2, 0.25) is 0 Å². The first kappa shape index (κ1) is 20.6. The highest BCUT2D eigenvalue weighted by Gasteiger charge is 2.22. The lowest BCUT2D eigenvalue weighted by Gasteiger charge is -2.23. The van der Waals surface area contributed by atoms with Crippen molar-refractivity contribution in [3.05, 3.63) is 53.6 Å². The van der Waals surface area contributed by atoms with Crippen LogP contribution < -0.4 is 19.5 Å². The largest absolute Gasteiger partial charge is 0.497 e. The Kier molecular flexibility index (Phi) is 7.53. The number of amides is 1. The molecule has 0 aliphatic rings. The van der Waals surface area contributed by atoms with Crippen molar-refractivity contribution >= 4 is 5.91 Å². The fraction of sp³-hybridized carbons (Fsp3) is 0.409. The fourth-order valence-corrected chi connectivity index (χ4v) is 2.94. The molecule has 5 nitrogen and oxygen atoms in total. The van der Waals surface area contributed by atoms with Crippen molar-refractivity contribution in [1.82, 2.24) is 5.32 Å². The van der Waals surface area contributed by atoms with Crippen molar-refractivity contribution in [2.75, 3.05) is 14.2 Å². The van der Waals surface area contributed by atoms with Crippen LogP contribution in [0.1, 0.15) is 43.9 Å². The van der Waals surface area contributed by atoms with Gasteiger partial charge in [-0.3, -0.25) is 4.79 Å². The second-order valence-corrected chi connectivity index (χ2v) is 6.39. The predicted octanol–water partition coefficient (Wildman–Crippen LogP) is 4.44. The summed E-state index contributed by atoms with van der Waals surface area (Å²) in [6, 6.07) is 13.1. The minimum atomic E-state index is -0.549. The summed E-state index contributed by atoms with van der Waals surface area (Å²) < 4.78 is 16.3. The van der Waals surface area contributed by atoms with Gasteiger partial charge < -0.3 is 19.5 Å². The summed E-state index contributed by atoms with van der Waals surface area (Å²) in [7, 11) is 3.27. The quantitative estimate of drug-likeness (QED) is 0.708. The molecule has 0 heterocycles. The van der Waals surface area contributed by atoms with E-state index in [1.54, 1.807) is 26.4 Å². The van der Waals surface area contributed by atoms with Crippen LogP contribution in [0.4, 0.5) is 0 Å². The minimum Gasteiger partial charge on any atom is -0.497 e. The van der Waals surface area contributed by atoms with Crippen molar-refractivity contribution in [3.8, 4) is 17.2 Å². The Labute approximate surface area is 161 Å². The van der Waals surface area contributed by atoms with Crippen molar-refractivity contribution < 1.29 is 19.0 Å². The maximum atomic E-state index is 12.8. The van der Waals surface area contributed by atoms with Crippen LogP contribution in [0.25, 0.3) is 0 Å². The summed E-state index contributed by atoms with van der Waals surface area (Å²) in [4.78, 5) is 12.8. The molecule has 1 amide bonds. The van der Waals surface area contributed by atoms with Gasteiger partial charge in [-0.25, -0.2) is 0 Å². The van der Waals surface area contributed by atoms with E-state index in [4.69, 9.17) is 14.2 Å². The Morgan fingerprint density at radius 1 is 0.963 bits per heavy atom. The van der Waals surface area contributed by atoms with E-state index in [1.807, 2.05) is 38.1 Å². The molecule has 0 unspecified atom stereocenters. The highest BCUT2D eigenvalue weighted by Crippen LogP contribution is 2.25. The van der Waals surface area contributed by atoms with Gasteiger partial charge >= 0.3 is 0 Å². The number of carbonyl (C=O) groups excluding carboxylic acids is 1. The Hall–Kier alpha value is -2.69. The number of carbonyl (C=O) groups is 1. The Bertz CT molecular complexity index is 742. The summed E-state index contributed by atoms with van der Waals surface area (Å²) >= 11 is 0. The maximum Gasteiger partial charge on any atom is 0.261 e. The molecule has 2 atom stereocenters. The second-order valence-electron chi connectivity index (χ2n) is 6.39. The third-order valence-electron chi connectivity index (χ3n) is 4.55. The number of methoxy groups -OCH3 is 2. The number of ether oxygens (including phenoxy) is 3. The molecule has 2 aromatic rings. The van der Waals surface area contributed by atoms with Crippen LogP contribution >= 0.6 is 0 Å². The first-order valence-corrected chi connectivity index (χ1v) is 9.27. The van der Waals surface area contributed by atoms with E-state index < -0.39 is 6.10 Å². The normalized spacial score (nSPS) is 12.8. The van der Waals surface area contributed by atoms with Gasteiger partial charge in [-0.2, -0.15) is 0 Å². The lowest BCUT2D eigenvalue weighted by molar-refractivity contribution is -0.128. The van der Waals surface area contributed by atoms with E-state index in [-0.39, 0.29) is 11.9 Å². The average Bonchev–Trinajstić information content (AvgIpc) is 2.70. The third kappa shape index (κ3) is 5.39. The highest BCUT2D eigenvalue weighted by molar-refractivity contribution is 5.81. The molecule has 0 fully saturated rings. The molecule has 27 heavy (non-hydrogen) atoms. The van der Waals surface area contributed by atoms with Gasteiger partial charge in [0.1, 0.15) is 17.2 Å². The summed E-state index contributed by atoms with van der Waals surface area (Å²) in [5.41, 5.74) is 2.10. The first-order valence-electron chi connectivity index (χ1n) is 9.27. The number of hydrogen-bond donors (Lipinski definition) is 1. The molecule has 0 bridgehead atoms. The molecule has 1 N–H and O–H groups in total. The van der Waals surface area contributed by atoms with E-state index in [9.17, 15) is 4.79 Å².